The van der Waals surface area contributed by atoms with E-state index in [-0.39, 0.29) is 17.7 Å². The Hall–Kier alpha value is -2.12. The summed E-state index contributed by atoms with van der Waals surface area (Å²) in [4.78, 5) is 26.4. The lowest BCUT2D eigenvalue weighted by molar-refractivity contribution is -0.141. The van der Waals surface area contributed by atoms with Crippen LogP contribution in [0.2, 0.25) is 0 Å². The molecule has 0 bridgehead atoms. The largest absolute Gasteiger partial charge is 0.480 e. The summed E-state index contributed by atoms with van der Waals surface area (Å²) in [5, 5.41) is 11.3. The van der Waals surface area contributed by atoms with E-state index in [9.17, 15) is 22.8 Å². The second kappa shape index (κ2) is 7.24. The van der Waals surface area contributed by atoms with Crippen molar-refractivity contribution in [3.63, 3.8) is 0 Å². The first-order valence-electron chi connectivity index (χ1n) is 6.75. The number of amides is 1. The summed E-state index contributed by atoms with van der Waals surface area (Å²) in [5.41, 5.74) is -1.27. The van der Waals surface area contributed by atoms with Crippen molar-refractivity contribution in [2.45, 2.75) is 45.3 Å². The van der Waals surface area contributed by atoms with Crippen LogP contribution in [0, 0.1) is 6.92 Å². The second-order valence-corrected chi connectivity index (χ2v) is 4.83. The number of aromatic nitrogens is 1. The molecule has 8 heteroatoms. The van der Waals surface area contributed by atoms with Crippen LogP contribution in [-0.2, 0) is 11.0 Å². The molecule has 0 unspecified atom stereocenters. The summed E-state index contributed by atoms with van der Waals surface area (Å²) >= 11 is 0. The van der Waals surface area contributed by atoms with E-state index < -0.39 is 29.8 Å². The van der Waals surface area contributed by atoms with Gasteiger partial charge < -0.3 is 10.4 Å². The summed E-state index contributed by atoms with van der Waals surface area (Å²) in [6.07, 6.45) is -2.96. The van der Waals surface area contributed by atoms with Crippen LogP contribution in [0.25, 0.3) is 0 Å². The summed E-state index contributed by atoms with van der Waals surface area (Å²) in [6.45, 7) is 3.15. The Kier molecular flexibility index (Phi) is 5.90. The van der Waals surface area contributed by atoms with E-state index in [1.54, 1.807) is 0 Å². The highest BCUT2D eigenvalue weighted by atomic mass is 19.4. The number of carbonyl (C=O) groups is 2. The topological polar surface area (TPSA) is 79.3 Å². The van der Waals surface area contributed by atoms with Crippen molar-refractivity contribution in [1.82, 2.24) is 10.3 Å². The van der Waals surface area contributed by atoms with Gasteiger partial charge in [0.2, 0.25) is 0 Å². The van der Waals surface area contributed by atoms with Crippen LogP contribution >= 0.6 is 0 Å². The third-order valence-electron chi connectivity index (χ3n) is 3.07. The van der Waals surface area contributed by atoms with Gasteiger partial charge in [-0.15, -0.1) is 0 Å². The summed E-state index contributed by atoms with van der Waals surface area (Å²) < 4.78 is 37.5. The number of nitrogens with one attached hydrogen (secondary N) is 1. The van der Waals surface area contributed by atoms with Crippen LogP contribution < -0.4 is 5.32 Å². The van der Waals surface area contributed by atoms with Crippen LogP contribution in [0.4, 0.5) is 13.2 Å². The van der Waals surface area contributed by atoms with Crippen molar-refractivity contribution in [3.05, 3.63) is 29.1 Å². The van der Waals surface area contributed by atoms with Crippen LogP contribution in [0.5, 0.6) is 0 Å². The van der Waals surface area contributed by atoms with Gasteiger partial charge in [-0.25, -0.2) is 9.78 Å². The molecule has 22 heavy (non-hydrogen) atoms. The van der Waals surface area contributed by atoms with Gasteiger partial charge in [-0.3, -0.25) is 4.79 Å². The first-order valence-corrected chi connectivity index (χ1v) is 6.75. The maximum atomic E-state index is 12.5. The molecule has 1 atom stereocenters. The molecule has 0 saturated carbocycles. The lowest BCUT2D eigenvalue weighted by atomic mass is 10.1. The van der Waals surface area contributed by atoms with Crippen molar-refractivity contribution in [3.8, 4) is 0 Å². The third-order valence-corrected chi connectivity index (χ3v) is 3.07. The first-order chi connectivity index (χ1) is 10.2. The number of unbranched alkanes of at least 4 members (excludes halogenated alkanes) is 1. The van der Waals surface area contributed by atoms with Gasteiger partial charge >= 0.3 is 12.1 Å². The first kappa shape index (κ1) is 17.9. The van der Waals surface area contributed by atoms with Crippen LogP contribution in [-0.4, -0.2) is 28.0 Å². The molecular formula is C14H17F3N2O3. The number of pyridine rings is 1. The fourth-order valence-electron chi connectivity index (χ4n) is 1.86. The molecule has 122 valence electrons. The number of carbonyl (C=O) groups excluding carboxylic acids is 1. The van der Waals surface area contributed by atoms with Crippen LogP contribution in [0.3, 0.4) is 0 Å². The summed E-state index contributed by atoms with van der Waals surface area (Å²) in [7, 11) is 0. The molecule has 0 aliphatic rings. The number of hydrogen-bond donors (Lipinski definition) is 2. The zero-order chi connectivity index (χ0) is 16.9. The van der Waals surface area contributed by atoms with Gasteiger partial charge in [-0.1, -0.05) is 19.8 Å². The molecular weight excluding hydrogens is 301 g/mol. The van der Waals surface area contributed by atoms with Crippen molar-refractivity contribution in [2.75, 3.05) is 0 Å². The van der Waals surface area contributed by atoms with Gasteiger partial charge in [0.15, 0.2) is 0 Å². The average molecular weight is 318 g/mol. The Morgan fingerprint density at radius 1 is 1.36 bits per heavy atom. The molecule has 1 aromatic heterocycles. The number of alkyl halides is 3. The predicted molar refractivity (Wildman–Crippen MR) is 72.4 cm³/mol. The lowest BCUT2D eigenvalue weighted by Crippen LogP contribution is -2.41. The number of carboxylic acids is 1. The zero-order valence-corrected chi connectivity index (χ0v) is 12.2. The van der Waals surface area contributed by atoms with Crippen LogP contribution in [0.15, 0.2) is 12.1 Å². The van der Waals surface area contributed by atoms with Gasteiger partial charge in [-0.2, -0.15) is 13.2 Å². The highest BCUT2D eigenvalue weighted by Crippen LogP contribution is 2.28. The molecule has 1 rings (SSSR count). The molecule has 0 radical (unpaired) electrons. The minimum Gasteiger partial charge on any atom is -0.480 e. The third kappa shape index (κ3) is 4.71. The Bertz CT molecular complexity index is 559. The minimum atomic E-state index is -4.59. The molecule has 5 nitrogen and oxygen atoms in total. The molecule has 1 amide bonds. The maximum absolute atomic E-state index is 12.5. The molecule has 1 heterocycles. The van der Waals surface area contributed by atoms with E-state index in [1.165, 1.54) is 6.92 Å². The Morgan fingerprint density at radius 2 is 2.00 bits per heavy atom. The van der Waals surface area contributed by atoms with Crippen molar-refractivity contribution < 1.29 is 27.9 Å². The second-order valence-electron chi connectivity index (χ2n) is 4.83. The summed E-state index contributed by atoms with van der Waals surface area (Å²) in [5.74, 6) is -1.93. The van der Waals surface area contributed by atoms with E-state index in [0.29, 0.717) is 12.5 Å². The number of carboxylic acid groups (broad SMARTS) is 1. The number of aliphatic carboxylic acids is 1. The van der Waals surface area contributed by atoms with E-state index in [4.69, 9.17) is 5.11 Å². The van der Waals surface area contributed by atoms with Gasteiger partial charge in [0, 0.05) is 0 Å². The van der Waals surface area contributed by atoms with Crippen molar-refractivity contribution >= 4 is 11.9 Å². The standard InChI is InChI=1S/C14H17F3N2O3/c1-3-4-5-10(13(21)22)19-12(20)9-6-7-11(14(15,16)17)18-8(9)2/h6-7,10H,3-5H2,1-2H3,(H,19,20)(H,21,22)/t10-/m0/s1. The molecule has 1 aromatic rings. The van der Waals surface area contributed by atoms with Crippen molar-refractivity contribution in [2.24, 2.45) is 0 Å². The normalized spacial score (nSPS) is 12.8. The molecule has 0 aliphatic carbocycles. The summed E-state index contributed by atoms with van der Waals surface area (Å²) in [6, 6.07) is 0.623. The fourth-order valence-corrected chi connectivity index (χ4v) is 1.86. The molecule has 0 fully saturated rings. The fraction of sp³-hybridized carbons (Fsp3) is 0.500. The van der Waals surface area contributed by atoms with E-state index in [0.717, 1.165) is 12.5 Å². The highest BCUT2D eigenvalue weighted by Gasteiger charge is 2.33. The minimum absolute atomic E-state index is 0.0734. The molecule has 0 aliphatic heterocycles. The van der Waals surface area contributed by atoms with Gasteiger partial charge in [0.05, 0.1) is 11.3 Å². The lowest BCUT2D eigenvalue weighted by Gasteiger charge is -2.15. The SMILES string of the molecule is CCCC[C@H](NC(=O)c1ccc(C(F)(F)F)nc1C)C(=O)O. The van der Waals surface area contributed by atoms with Gasteiger partial charge in [-0.05, 0) is 25.5 Å². The Morgan fingerprint density at radius 3 is 2.45 bits per heavy atom. The van der Waals surface area contributed by atoms with E-state index >= 15 is 0 Å². The van der Waals surface area contributed by atoms with Crippen LogP contribution in [0.1, 0.15) is 47.9 Å². The monoisotopic (exact) mass is 318 g/mol. The van der Waals surface area contributed by atoms with Gasteiger partial charge in [0.1, 0.15) is 11.7 Å². The number of halogens is 3. The number of aryl methyl sites for hydroxylation is 1. The van der Waals surface area contributed by atoms with Gasteiger partial charge in [0.25, 0.3) is 5.91 Å². The van der Waals surface area contributed by atoms with Crippen molar-refractivity contribution in [1.29, 1.82) is 0 Å². The zero-order valence-electron chi connectivity index (χ0n) is 12.2. The quantitative estimate of drug-likeness (QED) is 0.845. The van der Waals surface area contributed by atoms with E-state index in [1.807, 2.05) is 6.92 Å². The predicted octanol–water partition coefficient (Wildman–Crippen LogP) is 2.78. The maximum Gasteiger partial charge on any atom is 0.433 e. The average Bonchev–Trinajstić information content (AvgIpc) is 2.41. The number of nitrogens with zero attached hydrogens (tertiary/aromatic N) is 1. The smallest absolute Gasteiger partial charge is 0.433 e. The molecule has 0 spiro atoms. The number of hydrogen-bond acceptors (Lipinski definition) is 3. The highest BCUT2D eigenvalue weighted by molar-refractivity contribution is 5.97. The molecule has 2 N–H and O–H groups in total. The Labute approximate surface area is 125 Å². The van der Waals surface area contributed by atoms with E-state index in [2.05, 4.69) is 10.3 Å². The number of rotatable bonds is 6. The Balaban J connectivity index is 2.91. The molecule has 0 aromatic carbocycles. The molecule has 0 saturated heterocycles.